The van der Waals surface area contributed by atoms with Crippen LogP contribution in [0.1, 0.15) is 28.2 Å². The molecule has 1 atom stereocenters. The Kier molecular flexibility index (Phi) is 4.29. The van der Waals surface area contributed by atoms with Crippen molar-refractivity contribution < 1.29 is 9.53 Å². The fraction of sp³-hybridized carbons (Fsp3) is 0.333. The zero-order chi connectivity index (χ0) is 17.4. The summed E-state index contributed by atoms with van der Waals surface area (Å²) in [5.41, 5.74) is 7.34. The van der Waals surface area contributed by atoms with Crippen molar-refractivity contribution in [3.8, 4) is 10.7 Å². The zero-order valence-corrected chi connectivity index (χ0v) is 14.8. The maximum atomic E-state index is 11.6. The minimum atomic E-state index is -0.462. The van der Waals surface area contributed by atoms with Crippen molar-refractivity contribution in [2.45, 2.75) is 13.0 Å². The minimum absolute atomic E-state index is 0.355. The number of benzene rings is 1. The smallest absolute Gasteiger partial charge is 0.250 e. The van der Waals surface area contributed by atoms with Crippen LogP contribution in [0.15, 0.2) is 30.3 Å². The van der Waals surface area contributed by atoms with Crippen molar-refractivity contribution in [1.29, 1.82) is 0 Å². The van der Waals surface area contributed by atoms with Gasteiger partial charge in [0.15, 0.2) is 0 Å². The van der Waals surface area contributed by atoms with Crippen LogP contribution < -0.4 is 5.73 Å². The van der Waals surface area contributed by atoms with Crippen LogP contribution in [0.25, 0.3) is 21.7 Å². The third kappa shape index (κ3) is 3.06. The normalized spacial score (nSPS) is 17.0. The summed E-state index contributed by atoms with van der Waals surface area (Å²) in [4.78, 5) is 24.3. The summed E-state index contributed by atoms with van der Waals surface area (Å²) in [6.07, 6.45) is 0. The van der Waals surface area contributed by atoms with Crippen LogP contribution >= 0.6 is 11.3 Å². The number of carbonyl (C=O) groups is 1. The number of hydrogen-bond acceptors (Lipinski definition) is 5. The largest absolute Gasteiger partial charge is 0.379 e. The van der Waals surface area contributed by atoms with E-state index in [1.807, 2.05) is 12.1 Å². The Morgan fingerprint density at radius 3 is 2.88 bits per heavy atom. The summed E-state index contributed by atoms with van der Waals surface area (Å²) in [5.74, 6) is 0.311. The number of thiophene rings is 1. The molecule has 4 rings (SSSR count). The Morgan fingerprint density at radius 1 is 1.32 bits per heavy atom. The molecule has 1 aliphatic heterocycles. The lowest BCUT2D eigenvalue weighted by molar-refractivity contribution is 0.0205. The van der Waals surface area contributed by atoms with Crippen molar-refractivity contribution in [3.05, 3.63) is 40.8 Å². The lowest BCUT2D eigenvalue weighted by atomic mass is 10.2. The van der Waals surface area contributed by atoms with Crippen LogP contribution in [-0.2, 0) is 4.74 Å². The van der Waals surface area contributed by atoms with Gasteiger partial charge in [-0.15, -0.1) is 11.3 Å². The summed E-state index contributed by atoms with van der Waals surface area (Å²) >= 11 is 1.72. The fourth-order valence-electron chi connectivity index (χ4n) is 3.20. The van der Waals surface area contributed by atoms with Crippen LogP contribution in [0.2, 0.25) is 0 Å². The summed E-state index contributed by atoms with van der Waals surface area (Å²) in [6.45, 7) is 5.73. The topological polar surface area (TPSA) is 84.2 Å². The van der Waals surface area contributed by atoms with Crippen molar-refractivity contribution in [2.24, 2.45) is 5.73 Å². The Morgan fingerprint density at radius 2 is 2.12 bits per heavy atom. The van der Waals surface area contributed by atoms with E-state index >= 15 is 0 Å². The lowest BCUT2D eigenvalue weighted by Crippen LogP contribution is -2.37. The van der Waals surface area contributed by atoms with E-state index in [1.165, 1.54) is 4.88 Å². The molecule has 0 bridgehead atoms. The van der Waals surface area contributed by atoms with Gasteiger partial charge in [0.1, 0.15) is 11.3 Å². The Bertz CT molecular complexity index is 911. The van der Waals surface area contributed by atoms with E-state index in [-0.39, 0.29) is 0 Å². The number of H-pyrrole nitrogens is 1. The standard InChI is InChI=1S/C18H20N4O2S/c1-11(22-7-9-24-10-8-22)14-5-6-15(25-14)18-20-13-4-2-3-12(17(19)23)16(13)21-18/h2-6,11H,7-10H2,1H3,(H2,19,23)(H,20,21). The van der Waals surface area contributed by atoms with E-state index in [0.29, 0.717) is 17.1 Å². The second-order valence-corrected chi connectivity index (χ2v) is 7.29. The SMILES string of the molecule is CC(c1ccc(-c2nc3c(C(N)=O)cccc3[nH]2)s1)N1CCOCC1. The molecule has 1 aromatic carbocycles. The number of nitrogens with one attached hydrogen (secondary N) is 1. The zero-order valence-electron chi connectivity index (χ0n) is 14.0. The van der Waals surface area contributed by atoms with Crippen LogP contribution in [0.4, 0.5) is 0 Å². The molecule has 2 aromatic heterocycles. The monoisotopic (exact) mass is 356 g/mol. The molecule has 1 aliphatic rings. The molecule has 25 heavy (non-hydrogen) atoms. The molecule has 130 valence electrons. The molecule has 6 nitrogen and oxygen atoms in total. The van der Waals surface area contributed by atoms with Crippen molar-refractivity contribution in [3.63, 3.8) is 0 Å². The summed E-state index contributed by atoms with van der Waals surface area (Å²) < 4.78 is 5.43. The number of hydrogen-bond donors (Lipinski definition) is 2. The number of morpholine rings is 1. The number of aromatic nitrogens is 2. The molecule has 3 heterocycles. The predicted molar refractivity (Wildman–Crippen MR) is 98.7 cm³/mol. The third-order valence-corrected chi connectivity index (χ3v) is 5.91. The van der Waals surface area contributed by atoms with Gasteiger partial charge >= 0.3 is 0 Å². The Hall–Kier alpha value is -2.22. The predicted octanol–water partition coefficient (Wildman–Crippen LogP) is 2.78. The fourth-order valence-corrected chi connectivity index (χ4v) is 4.24. The molecule has 1 fully saturated rings. The first kappa shape index (κ1) is 16.3. The highest BCUT2D eigenvalue weighted by Crippen LogP contribution is 2.33. The number of aromatic amines is 1. The van der Waals surface area contributed by atoms with E-state index < -0.39 is 5.91 Å². The number of amides is 1. The van der Waals surface area contributed by atoms with Crippen molar-refractivity contribution in [2.75, 3.05) is 26.3 Å². The number of para-hydroxylation sites is 1. The number of nitrogens with zero attached hydrogens (tertiary/aromatic N) is 2. The number of fused-ring (bicyclic) bond motifs is 1. The number of ether oxygens (including phenoxy) is 1. The molecular weight excluding hydrogens is 336 g/mol. The van der Waals surface area contributed by atoms with Gasteiger partial charge in [0.25, 0.3) is 5.91 Å². The maximum absolute atomic E-state index is 11.6. The van der Waals surface area contributed by atoms with Gasteiger partial charge in [-0.05, 0) is 31.2 Å². The second kappa shape index (κ2) is 6.59. The van der Waals surface area contributed by atoms with Gasteiger partial charge in [-0.3, -0.25) is 9.69 Å². The van der Waals surface area contributed by atoms with E-state index in [9.17, 15) is 4.79 Å². The lowest BCUT2D eigenvalue weighted by Gasteiger charge is -2.31. The molecule has 0 radical (unpaired) electrons. The first-order chi connectivity index (χ1) is 12.1. The molecule has 0 aliphatic carbocycles. The van der Waals surface area contributed by atoms with Gasteiger partial charge < -0.3 is 15.5 Å². The Balaban J connectivity index is 1.64. The first-order valence-corrected chi connectivity index (χ1v) is 9.15. The molecule has 7 heteroatoms. The minimum Gasteiger partial charge on any atom is -0.379 e. The van der Waals surface area contributed by atoms with Crippen molar-refractivity contribution in [1.82, 2.24) is 14.9 Å². The first-order valence-electron chi connectivity index (χ1n) is 8.34. The second-order valence-electron chi connectivity index (χ2n) is 6.18. The van der Waals surface area contributed by atoms with Crippen molar-refractivity contribution >= 4 is 28.3 Å². The summed E-state index contributed by atoms with van der Waals surface area (Å²) in [5, 5.41) is 0. The molecule has 3 N–H and O–H groups in total. The van der Waals surface area contributed by atoms with Gasteiger partial charge in [-0.25, -0.2) is 4.98 Å². The molecule has 1 amide bonds. The highest BCUT2D eigenvalue weighted by Gasteiger charge is 2.21. The van der Waals surface area contributed by atoms with Gasteiger partial charge in [-0.1, -0.05) is 6.07 Å². The highest BCUT2D eigenvalue weighted by atomic mass is 32.1. The van der Waals surface area contributed by atoms with Crippen LogP contribution in [0, 0.1) is 0 Å². The van der Waals surface area contributed by atoms with Gasteiger partial charge in [0.2, 0.25) is 0 Å². The van der Waals surface area contributed by atoms with Gasteiger partial charge in [0, 0.05) is 24.0 Å². The average Bonchev–Trinajstić information content (AvgIpc) is 3.28. The highest BCUT2D eigenvalue weighted by molar-refractivity contribution is 7.15. The van der Waals surface area contributed by atoms with Gasteiger partial charge in [-0.2, -0.15) is 0 Å². The van der Waals surface area contributed by atoms with Crippen LogP contribution in [-0.4, -0.2) is 47.1 Å². The molecular formula is C18H20N4O2S. The molecule has 0 saturated carbocycles. The van der Waals surface area contributed by atoms with E-state index in [2.05, 4.69) is 33.9 Å². The number of imidazole rings is 1. The average molecular weight is 356 g/mol. The van der Waals surface area contributed by atoms with E-state index in [0.717, 1.165) is 42.5 Å². The molecule has 1 unspecified atom stereocenters. The number of carbonyl (C=O) groups excluding carboxylic acids is 1. The van der Waals surface area contributed by atoms with Crippen LogP contribution in [0.5, 0.6) is 0 Å². The summed E-state index contributed by atoms with van der Waals surface area (Å²) in [6, 6.07) is 10.0. The number of rotatable bonds is 4. The summed E-state index contributed by atoms with van der Waals surface area (Å²) in [7, 11) is 0. The molecule has 1 saturated heterocycles. The quantitative estimate of drug-likeness (QED) is 0.753. The third-order valence-electron chi connectivity index (χ3n) is 4.64. The van der Waals surface area contributed by atoms with Crippen LogP contribution in [0.3, 0.4) is 0 Å². The Labute approximate surface area is 149 Å². The number of nitrogens with two attached hydrogens (primary N) is 1. The van der Waals surface area contributed by atoms with E-state index in [4.69, 9.17) is 10.5 Å². The van der Waals surface area contributed by atoms with E-state index in [1.54, 1.807) is 17.4 Å². The maximum Gasteiger partial charge on any atom is 0.250 e. The van der Waals surface area contributed by atoms with Gasteiger partial charge in [0.05, 0.1) is 29.2 Å². The molecule has 0 spiro atoms. The molecule has 3 aromatic rings. The number of primary amides is 1.